The number of aromatic nitrogens is 5. The molecule has 2 aromatic heterocycles. The monoisotopic (exact) mass is 458 g/mol. The van der Waals surface area contributed by atoms with Crippen LogP contribution in [-0.4, -0.2) is 88.2 Å². The second-order valence-electron chi connectivity index (χ2n) is 8.49. The largest absolute Gasteiger partial charge is 0.424 e. The molecule has 0 atom stereocenters. The summed E-state index contributed by atoms with van der Waals surface area (Å²) in [7, 11) is 5.55. The highest BCUT2D eigenvalue weighted by Crippen LogP contribution is 2.29. The standard InChI is InChI=1S/C24H26N8O2/c1-30(2)22(33)16-7-9-17(10-8-16)34-24-27-21(18-5-4-6-20-19(18)15-25-29-20)26-23(28-24)32-13-11-31(3)12-14-32/h4-10,15H,11-14H2,1-3H3,(H,25,29). The third kappa shape index (κ3) is 4.40. The van der Waals surface area contributed by atoms with Gasteiger partial charge in [0.15, 0.2) is 5.82 Å². The highest BCUT2D eigenvalue weighted by Gasteiger charge is 2.21. The Balaban J connectivity index is 1.51. The summed E-state index contributed by atoms with van der Waals surface area (Å²) in [5.41, 5.74) is 2.34. The number of nitrogens with one attached hydrogen (secondary N) is 1. The average molecular weight is 459 g/mol. The van der Waals surface area contributed by atoms with Gasteiger partial charge in [-0.25, -0.2) is 0 Å². The molecule has 0 spiro atoms. The van der Waals surface area contributed by atoms with Crippen LogP contribution in [0.5, 0.6) is 11.8 Å². The van der Waals surface area contributed by atoms with Crippen LogP contribution in [0.25, 0.3) is 22.3 Å². The van der Waals surface area contributed by atoms with E-state index in [-0.39, 0.29) is 11.9 Å². The summed E-state index contributed by atoms with van der Waals surface area (Å²) in [5.74, 6) is 1.57. The van der Waals surface area contributed by atoms with Gasteiger partial charge in [-0.3, -0.25) is 9.89 Å². The van der Waals surface area contributed by atoms with E-state index in [4.69, 9.17) is 9.72 Å². The molecule has 1 amide bonds. The first-order chi connectivity index (χ1) is 16.5. The minimum absolute atomic E-state index is 0.0699. The third-order valence-electron chi connectivity index (χ3n) is 5.83. The molecular weight excluding hydrogens is 432 g/mol. The van der Waals surface area contributed by atoms with Crippen molar-refractivity contribution < 1.29 is 9.53 Å². The molecule has 0 aliphatic carbocycles. The Kier molecular flexibility index (Phi) is 5.81. The number of aromatic amines is 1. The van der Waals surface area contributed by atoms with Gasteiger partial charge in [-0.05, 0) is 37.4 Å². The molecule has 2 aromatic carbocycles. The Bertz CT molecular complexity index is 1310. The maximum absolute atomic E-state index is 12.2. The molecule has 0 radical (unpaired) electrons. The van der Waals surface area contributed by atoms with Crippen LogP contribution in [0.4, 0.5) is 5.95 Å². The second-order valence-corrected chi connectivity index (χ2v) is 8.49. The number of piperazine rings is 1. The van der Waals surface area contributed by atoms with Gasteiger partial charge < -0.3 is 19.4 Å². The number of H-pyrrole nitrogens is 1. The number of carbonyl (C=O) groups excluding carboxylic acids is 1. The van der Waals surface area contributed by atoms with Gasteiger partial charge in [0.05, 0.1) is 11.7 Å². The van der Waals surface area contributed by atoms with Crippen molar-refractivity contribution in [1.29, 1.82) is 0 Å². The van der Waals surface area contributed by atoms with Gasteiger partial charge in [0.25, 0.3) is 5.91 Å². The molecule has 1 fully saturated rings. The van der Waals surface area contributed by atoms with Crippen LogP contribution in [0.2, 0.25) is 0 Å². The van der Waals surface area contributed by atoms with Crippen molar-refractivity contribution in [3.8, 4) is 23.1 Å². The van der Waals surface area contributed by atoms with Crippen molar-refractivity contribution in [2.45, 2.75) is 0 Å². The van der Waals surface area contributed by atoms with Crippen LogP contribution in [0.15, 0.2) is 48.7 Å². The van der Waals surface area contributed by atoms with E-state index in [0.29, 0.717) is 23.1 Å². The van der Waals surface area contributed by atoms with E-state index in [0.717, 1.165) is 42.6 Å². The summed E-state index contributed by atoms with van der Waals surface area (Å²) < 4.78 is 6.03. The van der Waals surface area contributed by atoms with Gasteiger partial charge in [-0.2, -0.15) is 20.1 Å². The van der Waals surface area contributed by atoms with Crippen molar-refractivity contribution in [2.75, 3.05) is 52.2 Å². The first-order valence-corrected chi connectivity index (χ1v) is 11.1. The Morgan fingerprint density at radius 3 is 2.50 bits per heavy atom. The van der Waals surface area contributed by atoms with Crippen LogP contribution in [0.1, 0.15) is 10.4 Å². The lowest BCUT2D eigenvalue weighted by atomic mass is 10.1. The molecule has 4 aromatic rings. The molecule has 0 saturated carbocycles. The number of likely N-dealkylation sites (N-methyl/N-ethyl adjacent to an activating group) is 1. The molecule has 1 aliphatic heterocycles. The number of rotatable bonds is 5. The van der Waals surface area contributed by atoms with E-state index in [1.54, 1.807) is 44.6 Å². The Morgan fingerprint density at radius 1 is 1.00 bits per heavy atom. The predicted molar refractivity (Wildman–Crippen MR) is 129 cm³/mol. The van der Waals surface area contributed by atoms with E-state index in [2.05, 4.69) is 37.0 Å². The highest BCUT2D eigenvalue weighted by molar-refractivity contribution is 5.94. The first kappa shape index (κ1) is 21.8. The summed E-state index contributed by atoms with van der Waals surface area (Å²) in [6, 6.07) is 13.0. The SMILES string of the molecule is CN1CCN(c2nc(Oc3ccc(C(=O)N(C)C)cc3)nc(-c3cccc4[nH]ncc34)n2)CC1. The van der Waals surface area contributed by atoms with Gasteiger partial charge in [0.1, 0.15) is 5.75 Å². The summed E-state index contributed by atoms with van der Waals surface area (Å²) in [6.07, 6.45) is 1.77. The van der Waals surface area contributed by atoms with Crippen molar-refractivity contribution in [1.82, 2.24) is 34.9 Å². The number of hydrogen-bond donors (Lipinski definition) is 1. The van der Waals surface area contributed by atoms with Gasteiger partial charge in [-0.15, -0.1) is 0 Å². The van der Waals surface area contributed by atoms with Crippen LogP contribution < -0.4 is 9.64 Å². The van der Waals surface area contributed by atoms with Crippen LogP contribution in [-0.2, 0) is 0 Å². The van der Waals surface area contributed by atoms with Gasteiger partial charge >= 0.3 is 6.01 Å². The third-order valence-corrected chi connectivity index (χ3v) is 5.83. The van der Waals surface area contributed by atoms with Gasteiger partial charge in [0, 0.05) is 56.8 Å². The zero-order chi connectivity index (χ0) is 23.7. The molecule has 0 bridgehead atoms. The number of anilines is 1. The van der Waals surface area contributed by atoms with Crippen molar-refractivity contribution >= 4 is 22.8 Å². The summed E-state index contributed by atoms with van der Waals surface area (Å²) in [5, 5.41) is 8.07. The maximum Gasteiger partial charge on any atom is 0.327 e. The number of benzene rings is 2. The number of hydrogen-bond acceptors (Lipinski definition) is 8. The molecule has 3 heterocycles. The fourth-order valence-corrected chi connectivity index (χ4v) is 3.85. The average Bonchev–Trinajstić information content (AvgIpc) is 3.33. The molecule has 1 aliphatic rings. The topological polar surface area (TPSA) is 103 Å². The molecule has 174 valence electrons. The lowest BCUT2D eigenvalue weighted by molar-refractivity contribution is 0.0827. The Morgan fingerprint density at radius 2 is 1.76 bits per heavy atom. The normalized spacial score (nSPS) is 14.4. The van der Waals surface area contributed by atoms with Gasteiger partial charge in [0.2, 0.25) is 5.95 Å². The number of ether oxygens (including phenoxy) is 1. The zero-order valence-electron chi connectivity index (χ0n) is 19.4. The number of carbonyl (C=O) groups is 1. The van der Waals surface area contributed by atoms with E-state index in [9.17, 15) is 4.79 Å². The van der Waals surface area contributed by atoms with E-state index >= 15 is 0 Å². The van der Waals surface area contributed by atoms with E-state index in [1.165, 1.54) is 4.90 Å². The minimum Gasteiger partial charge on any atom is -0.424 e. The number of nitrogens with zero attached hydrogens (tertiary/aromatic N) is 7. The molecule has 0 unspecified atom stereocenters. The van der Waals surface area contributed by atoms with Crippen molar-refractivity contribution in [2.24, 2.45) is 0 Å². The molecule has 1 N–H and O–H groups in total. The lowest BCUT2D eigenvalue weighted by Gasteiger charge is -2.32. The maximum atomic E-state index is 12.2. The summed E-state index contributed by atoms with van der Waals surface area (Å²) in [6.45, 7) is 3.49. The molecular formula is C24H26N8O2. The van der Waals surface area contributed by atoms with Crippen molar-refractivity contribution in [3.63, 3.8) is 0 Å². The second kappa shape index (κ2) is 9.06. The molecule has 5 rings (SSSR count). The summed E-state index contributed by atoms with van der Waals surface area (Å²) >= 11 is 0. The highest BCUT2D eigenvalue weighted by atomic mass is 16.5. The Hall–Kier alpha value is -4.05. The first-order valence-electron chi connectivity index (χ1n) is 11.1. The number of fused-ring (bicyclic) bond motifs is 1. The fourth-order valence-electron chi connectivity index (χ4n) is 3.85. The number of amides is 1. The van der Waals surface area contributed by atoms with E-state index < -0.39 is 0 Å². The summed E-state index contributed by atoms with van der Waals surface area (Å²) in [4.78, 5) is 32.2. The van der Waals surface area contributed by atoms with Crippen LogP contribution in [0.3, 0.4) is 0 Å². The molecule has 34 heavy (non-hydrogen) atoms. The van der Waals surface area contributed by atoms with Crippen LogP contribution in [0, 0.1) is 0 Å². The molecule has 10 heteroatoms. The lowest BCUT2D eigenvalue weighted by Crippen LogP contribution is -2.45. The van der Waals surface area contributed by atoms with E-state index in [1.807, 2.05) is 18.2 Å². The Labute approximate surface area is 197 Å². The predicted octanol–water partition coefficient (Wildman–Crippen LogP) is 2.66. The zero-order valence-corrected chi connectivity index (χ0v) is 19.4. The fraction of sp³-hybridized carbons (Fsp3) is 0.292. The van der Waals surface area contributed by atoms with Crippen molar-refractivity contribution in [3.05, 3.63) is 54.2 Å². The molecule has 10 nitrogen and oxygen atoms in total. The quantitative estimate of drug-likeness (QED) is 0.487. The van der Waals surface area contributed by atoms with Gasteiger partial charge in [-0.1, -0.05) is 12.1 Å². The van der Waals surface area contributed by atoms with Crippen LogP contribution >= 0.6 is 0 Å². The smallest absolute Gasteiger partial charge is 0.327 e. The molecule has 1 saturated heterocycles. The minimum atomic E-state index is -0.0699.